The molecule has 1 unspecified atom stereocenters. The van der Waals surface area contributed by atoms with Crippen molar-refractivity contribution in [2.24, 2.45) is 0 Å². The van der Waals surface area contributed by atoms with Crippen molar-refractivity contribution in [1.29, 1.82) is 0 Å². The highest BCUT2D eigenvalue weighted by Crippen LogP contribution is 2.48. The molecule has 0 aromatic heterocycles. The van der Waals surface area contributed by atoms with Crippen molar-refractivity contribution >= 4 is 5.91 Å². The average molecular weight is 459 g/mol. The van der Waals surface area contributed by atoms with Gasteiger partial charge in [-0.25, -0.2) is 8.78 Å². The Labute approximate surface area is 181 Å². The van der Waals surface area contributed by atoms with Gasteiger partial charge in [0.25, 0.3) is 0 Å². The number of ether oxygens (including phenoxy) is 2. The first-order valence-corrected chi connectivity index (χ1v) is 9.72. The van der Waals surface area contributed by atoms with E-state index in [0.717, 1.165) is 12.1 Å². The van der Waals surface area contributed by atoms with E-state index in [-0.39, 0.29) is 17.1 Å². The van der Waals surface area contributed by atoms with E-state index in [1.54, 1.807) is 6.07 Å². The number of aliphatic hydroxyl groups is 1. The number of halogens is 5. The monoisotopic (exact) mass is 459 g/mol. The molecule has 1 saturated carbocycles. The third kappa shape index (κ3) is 5.67. The maximum atomic E-state index is 14.1. The molecule has 10 heteroatoms. The molecule has 1 amide bonds. The van der Waals surface area contributed by atoms with E-state index < -0.39 is 47.9 Å². The van der Waals surface area contributed by atoms with Crippen molar-refractivity contribution in [3.63, 3.8) is 0 Å². The van der Waals surface area contributed by atoms with Crippen molar-refractivity contribution in [1.82, 2.24) is 5.32 Å². The van der Waals surface area contributed by atoms with Gasteiger partial charge in [0, 0.05) is 17.7 Å². The molecule has 0 radical (unpaired) electrons. The van der Waals surface area contributed by atoms with E-state index in [2.05, 4.69) is 5.32 Å². The highest BCUT2D eigenvalue weighted by atomic mass is 19.4. The largest absolute Gasteiger partial charge is 0.497 e. The SMILES string of the molecule is COc1cc(OCC(F)(F)F)cc(C2(NC(=O)CC(C)(O)c3ccc(F)cc3F)CC2)c1. The summed E-state index contributed by atoms with van der Waals surface area (Å²) in [5.74, 6) is -2.23. The first kappa shape index (κ1) is 23.8. The molecule has 0 aliphatic heterocycles. The second-order valence-corrected chi connectivity index (χ2v) is 8.01. The normalized spacial score (nSPS) is 16.8. The summed E-state index contributed by atoms with van der Waals surface area (Å²) in [4.78, 5) is 12.7. The molecule has 1 aliphatic rings. The molecule has 1 atom stereocenters. The molecule has 2 aromatic rings. The van der Waals surface area contributed by atoms with Crippen LogP contribution in [0, 0.1) is 11.6 Å². The molecule has 2 aromatic carbocycles. The number of hydrogen-bond acceptors (Lipinski definition) is 4. The molecule has 5 nitrogen and oxygen atoms in total. The van der Waals surface area contributed by atoms with E-state index in [1.807, 2.05) is 0 Å². The predicted molar refractivity (Wildman–Crippen MR) is 104 cm³/mol. The fraction of sp³-hybridized carbons (Fsp3) is 0.409. The van der Waals surface area contributed by atoms with Crippen LogP contribution in [-0.4, -0.2) is 30.9 Å². The smallest absolute Gasteiger partial charge is 0.422 e. The van der Waals surface area contributed by atoms with Crippen LogP contribution in [0.25, 0.3) is 0 Å². The summed E-state index contributed by atoms with van der Waals surface area (Å²) < 4.78 is 74.7. The molecular weight excluding hydrogens is 437 g/mol. The number of methoxy groups -OCH3 is 1. The van der Waals surface area contributed by atoms with Gasteiger partial charge in [0.05, 0.1) is 24.7 Å². The molecule has 1 aliphatic carbocycles. The standard InChI is InChI=1S/C22H22F5NO4/c1-20(30,17-4-3-14(23)9-18(17)24)11-19(29)28-21(5-6-21)13-7-15(31-2)10-16(8-13)32-12-22(25,26)27/h3-4,7-10,30H,5-6,11-12H2,1-2H3,(H,28,29). The second kappa shape index (κ2) is 8.57. The molecule has 0 heterocycles. The topological polar surface area (TPSA) is 67.8 Å². The Hall–Kier alpha value is -2.88. The van der Waals surface area contributed by atoms with E-state index in [9.17, 15) is 31.9 Å². The number of carbonyl (C=O) groups excluding carboxylic acids is 1. The Bertz CT molecular complexity index is 1000. The first-order valence-electron chi connectivity index (χ1n) is 9.72. The lowest BCUT2D eigenvalue weighted by Gasteiger charge is -2.26. The van der Waals surface area contributed by atoms with E-state index >= 15 is 0 Å². The van der Waals surface area contributed by atoms with Crippen LogP contribution in [0.2, 0.25) is 0 Å². The Morgan fingerprint density at radius 1 is 1.12 bits per heavy atom. The molecule has 32 heavy (non-hydrogen) atoms. The molecule has 2 N–H and O–H groups in total. The molecule has 174 valence electrons. The van der Waals surface area contributed by atoms with Crippen LogP contribution >= 0.6 is 0 Å². The maximum absolute atomic E-state index is 14.1. The lowest BCUT2D eigenvalue weighted by Crippen LogP contribution is -2.39. The number of carbonyl (C=O) groups is 1. The van der Waals surface area contributed by atoms with Crippen LogP contribution in [0.15, 0.2) is 36.4 Å². The van der Waals surface area contributed by atoms with Crippen LogP contribution in [0.1, 0.15) is 37.3 Å². The summed E-state index contributed by atoms with van der Waals surface area (Å²) in [6.45, 7) is -0.248. The molecular formula is C22H22F5NO4. The second-order valence-electron chi connectivity index (χ2n) is 8.01. The van der Waals surface area contributed by atoms with Gasteiger partial charge in [-0.3, -0.25) is 4.79 Å². The zero-order valence-corrected chi connectivity index (χ0v) is 17.4. The summed E-state index contributed by atoms with van der Waals surface area (Å²) in [6.07, 6.45) is -4.04. The van der Waals surface area contributed by atoms with Crippen molar-refractivity contribution in [2.75, 3.05) is 13.7 Å². The van der Waals surface area contributed by atoms with E-state index in [4.69, 9.17) is 9.47 Å². The molecule has 0 bridgehead atoms. The van der Waals surface area contributed by atoms with Crippen LogP contribution in [0.4, 0.5) is 22.0 Å². The third-order valence-electron chi connectivity index (χ3n) is 5.22. The van der Waals surface area contributed by atoms with Crippen molar-refractivity contribution in [3.05, 3.63) is 59.2 Å². The van der Waals surface area contributed by atoms with Crippen molar-refractivity contribution < 1.29 is 41.3 Å². The number of amides is 1. The molecule has 1 fully saturated rings. The molecule has 3 rings (SSSR count). The maximum Gasteiger partial charge on any atom is 0.422 e. The number of benzene rings is 2. The fourth-order valence-electron chi connectivity index (χ4n) is 3.47. The zero-order chi connectivity index (χ0) is 23.7. The van der Waals surface area contributed by atoms with Crippen molar-refractivity contribution in [3.8, 4) is 11.5 Å². The van der Waals surface area contributed by atoms with E-state index in [0.29, 0.717) is 24.5 Å². The summed E-state index contributed by atoms with van der Waals surface area (Å²) in [7, 11) is 1.35. The molecule has 0 spiro atoms. The summed E-state index contributed by atoms with van der Waals surface area (Å²) in [5.41, 5.74) is -2.54. The van der Waals surface area contributed by atoms with Gasteiger partial charge in [0.1, 0.15) is 23.1 Å². The zero-order valence-electron chi connectivity index (χ0n) is 17.4. The van der Waals surface area contributed by atoms with Gasteiger partial charge < -0.3 is 19.9 Å². The minimum Gasteiger partial charge on any atom is -0.497 e. The highest BCUT2D eigenvalue weighted by Gasteiger charge is 2.47. The lowest BCUT2D eigenvalue weighted by molar-refractivity contribution is -0.153. The quantitative estimate of drug-likeness (QED) is 0.578. The Morgan fingerprint density at radius 3 is 2.34 bits per heavy atom. The van der Waals surface area contributed by atoms with Gasteiger partial charge in [-0.05, 0) is 43.5 Å². The van der Waals surface area contributed by atoms with Crippen LogP contribution in [0.5, 0.6) is 11.5 Å². The lowest BCUT2D eigenvalue weighted by atomic mass is 9.91. The fourth-order valence-corrected chi connectivity index (χ4v) is 3.47. The average Bonchev–Trinajstić information content (AvgIpc) is 3.45. The number of hydrogen-bond donors (Lipinski definition) is 2. The predicted octanol–water partition coefficient (Wildman–Crippen LogP) is 4.32. The summed E-state index contributed by atoms with van der Waals surface area (Å²) in [6, 6.07) is 6.92. The van der Waals surface area contributed by atoms with Gasteiger partial charge in [0.15, 0.2) is 6.61 Å². The number of alkyl halides is 3. The molecule has 0 saturated heterocycles. The summed E-state index contributed by atoms with van der Waals surface area (Å²) >= 11 is 0. The number of nitrogens with one attached hydrogen (secondary N) is 1. The Balaban J connectivity index is 1.76. The van der Waals surface area contributed by atoms with Crippen LogP contribution < -0.4 is 14.8 Å². The van der Waals surface area contributed by atoms with E-state index in [1.165, 1.54) is 26.2 Å². The van der Waals surface area contributed by atoms with Gasteiger partial charge in [-0.15, -0.1) is 0 Å². The van der Waals surface area contributed by atoms with Gasteiger partial charge >= 0.3 is 6.18 Å². The minimum absolute atomic E-state index is 0.0717. The van der Waals surface area contributed by atoms with Gasteiger partial charge in [-0.2, -0.15) is 13.2 Å². The van der Waals surface area contributed by atoms with Crippen molar-refractivity contribution in [2.45, 2.75) is 43.5 Å². The van der Waals surface area contributed by atoms with Gasteiger partial charge in [-0.1, -0.05) is 6.07 Å². The van der Waals surface area contributed by atoms with Crippen LogP contribution in [0.3, 0.4) is 0 Å². The Morgan fingerprint density at radius 2 is 1.78 bits per heavy atom. The minimum atomic E-state index is -4.52. The van der Waals surface area contributed by atoms with Gasteiger partial charge in [0.2, 0.25) is 5.91 Å². The Kier molecular flexibility index (Phi) is 6.37. The number of rotatable bonds is 8. The first-order chi connectivity index (χ1) is 14.8. The van der Waals surface area contributed by atoms with Crippen LogP contribution in [-0.2, 0) is 15.9 Å². The highest BCUT2D eigenvalue weighted by molar-refractivity contribution is 5.79. The summed E-state index contributed by atoms with van der Waals surface area (Å²) in [5, 5.41) is 13.4. The third-order valence-corrected chi connectivity index (χ3v) is 5.22.